The first-order valence-electron chi connectivity index (χ1n) is 5.14. The fourth-order valence-corrected chi connectivity index (χ4v) is 1.14. The maximum absolute atomic E-state index is 11.3. The summed E-state index contributed by atoms with van der Waals surface area (Å²) >= 11 is 0. The largest absolute Gasteiger partial charge is 0.468 e. The molecule has 0 aromatic rings. The minimum Gasteiger partial charge on any atom is -0.468 e. The standard InChI is InChI=1S/C10H21NO4/c1-4-11-9(10(12)14-3)5-6-15-8-7-13-2/h9,11H,4-8H2,1-3H3. The van der Waals surface area contributed by atoms with E-state index in [-0.39, 0.29) is 12.0 Å². The molecule has 1 atom stereocenters. The molecule has 0 aromatic carbocycles. The van der Waals surface area contributed by atoms with Crippen LogP contribution in [0.25, 0.3) is 0 Å². The predicted molar refractivity (Wildman–Crippen MR) is 56.8 cm³/mol. The molecular formula is C10H21NO4. The van der Waals surface area contributed by atoms with E-state index in [1.54, 1.807) is 7.11 Å². The molecule has 0 radical (unpaired) electrons. The maximum atomic E-state index is 11.3. The smallest absolute Gasteiger partial charge is 0.322 e. The van der Waals surface area contributed by atoms with Gasteiger partial charge in [-0.1, -0.05) is 6.92 Å². The molecule has 1 N–H and O–H groups in total. The van der Waals surface area contributed by atoms with Crippen LogP contribution in [0.3, 0.4) is 0 Å². The summed E-state index contributed by atoms with van der Waals surface area (Å²) in [6, 6.07) is -0.275. The van der Waals surface area contributed by atoms with Gasteiger partial charge in [0.1, 0.15) is 6.04 Å². The van der Waals surface area contributed by atoms with Gasteiger partial charge in [-0.05, 0) is 13.0 Å². The fraction of sp³-hybridized carbons (Fsp3) is 0.900. The Labute approximate surface area is 91.1 Å². The van der Waals surface area contributed by atoms with Gasteiger partial charge in [0, 0.05) is 13.7 Å². The zero-order valence-corrected chi connectivity index (χ0v) is 9.75. The van der Waals surface area contributed by atoms with E-state index in [0.29, 0.717) is 26.2 Å². The van der Waals surface area contributed by atoms with Gasteiger partial charge in [0.05, 0.1) is 20.3 Å². The van der Waals surface area contributed by atoms with Crippen LogP contribution >= 0.6 is 0 Å². The van der Waals surface area contributed by atoms with Crippen molar-refractivity contribution in [3.8, 4) is 0 Å². The number of rotatable bonds is 9. The van der Waals surface area contributed by atoms with Crippen LogP contribution in [0.15, 0.2) is 0 Å². The molecule has 0 fully saturated rings. The summed E-state index contributed by atoms with van der Waals surface area (Å²) in [5, 5.41) is 3.04. The highest BCUT2D eigenvalue weighted by Gasteiger charge is 2.16. The molecule has 1 unspecified atom stereocenters. The number of methoxy groups -OCH3 is 2. The van der Waals surface area contributed by atoms with Gasteiger partial charge < -0.3 is 19.5 Å². The summed E-state index contributed by atoms with van der Waals surface area (Å²) in [4.78, 5) is 11.3. The highest BCUT2D eigenvalue weighted by Crippen LogP contribution is 1.96. The van der Waals surface area contributed by atoms with Crippen LogP contribution in [0.4, 0.5) is 0 Å². The van der Waals surface area contributed by atoms with Gasteiger partial charge in [-0.25, -0.2) is 0 Å². The predicted octanol–water partition coefficient (Wildman–Crippen LogP) is 0.191. The molecule has 0 rings (SSSR count). The number of carbonyl (C=O) groups excluding carboxylic acids is 1. The van der Waals surface area contributed by atoms with Crippen molar-refractivity contribution in [2.24, 2.45) is 0 Å². The summed E-state index contributed by atoms with van der Waals surface area (Å²) in [5.41, 5.74) is 0. The topological polar surface area (TPSA) is 56.8 Å². The normalized spacial score (nSPS) is 12.5. The van der Waals surface area contributed by atoms with E-state index >= 15 is 0 Å². The van der Waals surface area contributed by atoms with Crippen LogP contribution < -0.4 is 5.32 Å². The number of hydrogen-bond donors (Lipinski definition) is 1. The summed E-state index contributed by atoms with van der Waals surface area (Å²) in [5.74, 6) is -0.243. The van der Waals surface area contributed by atoms with Crippen LogP contribution in [-0.4, -0.2) is 52.6 Å². The molecule has 0 bridgehead atoms. The Hall–Kier alpha value is -0.650. The molecule has 0 heterocycles. The Morgan fingerprint density at radius 1 is 1.27 bits per heavy atom. The van der Waals surface area contributed by atoms with Crippen molar-refractivity contribution in [1.29, 1.82) is 0 Å². The van der Waals surface area contributed by atoms with Gasteiger partial charge in [0.25, 0.3) is 0 Å². The third kappa shape index (κ3) is 7.30. The van der Waals surface area contributed by atoms with Crippen molar-refractivity contribution in [3.05, 3.63) is 0 Å². The molecule has 0 amide bonds. The van der Waals surface area contributed by atoms with Gasteiger partial charge in [-0.3, -0.25) is 4.79 Å². The number of carbonyl (C=O) groups is 1. The second kappa shape index (κ2) is 9.89. The summed E-state index contributed by atoms with van der Waals surface area (Å²) in [6.07, 6.45) is 0.615. The third-order valence-electron chi connectivity index (χ3n) is 1.92. The zero-order valence-electron chi connectivity index (χ0n) is 9.75. The number of nitrogens with one attached hydrogen (secondary N) is 1. The Bertz CT molecular complexity index is 164. The van der Waals surface area contributed by atoms with Crippen LogP contribution in [0, 0.1) is 0 Å². The van der Waals surface area contributed by atoms with Gasteiger partial charge >= 0.3 is 5.97 Å². The van der Waals surface area contributed by atoms with Gasteiger partial charge in [-0.2, -0.15) is 0 Å². The molecule has 0 aliphatic carbocycles. The van der Waals surface area contributed by atoms with Gasteiger partial charge in [-0.15, -0.1) is 0 Å². The molecule has 0 saturated carbocycles. The lowest BCUT2D eigenvalue weighted by Gasteiger charge is -2.15. The number of esters is 1. The van der Waals surface area contributed by atoms with Crippen LogP contribution in [0.1, 0.15) is 13.3 Å². The summed E-state index contributed by atoms with van der Waals surface area (Å²) < 4.78 is 14.8. The van der Waals surface area contributed by atoms with E-state index < -0.39 is 0 Å². The van der Waals surface area contributed by atoms with Crippen molar-refractivity contribution in [3.63, 3.8) is 0 Å². The lowest BCUT2D eigenvalue weighted by atomic mass is 10.2. The van der Waals surface area contributed by atoms with E-state index in [1.807, 2.05) is 6.92 Å². The van der Waals surface area contributed by atoms with E-state index in [4.69, 9.17) is 9.47 Å². The second-order valence-corrected chi connectivity index (χ2v) is 3.03. The minimum atomic E-state index is -0.275. The average molecular weight is 219 g/mol. The summed E-state index contributed by atoms with van der Waals surface area (Å²) in [7, 11) is 3.01. The first-order chi connectivity index (χ1) is 7.26. The molecule has 0 aliphatic rings. The number of hydrogen-bond acceptors (Lipinski definition) is 5. The molecule has 5 heteroatoms. The Balaban J connectivity index is 3.61. The van der Waals surface area contributed by atoms with Crippen LogP contribution in [0.2, 0.25) is 0 Å². The molecule has 0 saturated heterocycles. The molecule has 15 heavy (non-hydrogen) atoms. The van der Waals surface area contributed by atoms with Crippen molar-refractivity contribution >= 4 is 5.97 Å². The molecular weight excluding hydrogens is 198 g/mol. The fourth-order valence-electron chi connectivity index (χ4n) is 1.14. The first kappa shape index (κ1) is 14.3. The van der Waals surface area contributed by atoms with E-state index in [2.05, 4.69) is 10.1 Å². The molecule has 5 nitrogen and oxygen atoms in total. The van der Waals surface area contributed by atoms with E-state index in [1.165, 1.54) is 7.11 Å². The van der Waals surface area contributed by atoms with Crippen molar-refractivity contribution in [2.45, 2.75) is 19.4 Å². The Kier molecular flexibility index (Phi) is 9.46. The zero-order chi connectivity index (χ0) is 11.5. The monoisotopic (exact) mass is 219 g/mol. The Morgan fingerprint density at radius 3 is 2.53 bits per heavy atom. The third-order valence-corrected chi connectivity index (χ3v) is 1.92. The van der Waals surface area contributed by atoms with Crippen LogP contribution in [-0.2, 0) is 19.0 Å². The maximum Gasteiger partial charge on any atom is 0.322 e. The van der Waals surface area contributed by atoms with Gasteiger partial charge in [0.15, 0.2) is 0 Å². The quantitative estimate of drug-likeness (QED) is 0.443. The van der Waals surface area contributed by atoms with E-state index in [9.17, 15) is 4.79 Å². The lowest BCUT2D eigenvalue weighted by molar-refractivity contribution is -0.143. The highest BCUT2D eigenvalue weighted by atomic mass is 16.5. The summed E-state index contributed by atoms with van der Waals surface area (Å²) in [6.45, 7) is 4.33. The van der Waals surface area contributed by atoms with E-state index in [0.717, 1.165) is 6.54 Å². The average Bonchev–Trinajstić information content (AvgIpc) is 2.26. The molecule has 90 valence electrons. The first-order valence-corrected chi connectivity index (χ1v) is 5.14. The van der Waals surface area contributed by atoms with Crippen molar-refractivity contribution < 1.29 is 19.0 Å². The molecule has 0 aliphatic heterocycles. The highest BCUT2D eigenvalue weighted by molar-refractivity contribution is 5.75. The minimum absolute atomic E-state index is 0.243. The van der Waals surface area contributed by atoms with Gasteiger partial charge in [0.2, 0.25) is 0 Å². The molecule has 0 aromatic heterocycles. The number of likely N-dealkylation sites (N-methyl/N-ethyl adjacent to an activating group) is 1. The lowest BCUT2D eigenvalue weighted by Crippen LogP contribution is -2.38. The number of ether oxygens (including phenoxy) is 3. The van der Waals surface area contributed by atoms with Crippen molar-refractivity contribution in [2.75, 3.05) is 40.6 Å². The molecule has 0 spiro atoms. The SMILES string of the molecule is CCNC(CCOCCOC)C(=O)OC. The van der Waals surface area contributed by atoms with Crippen LogP contribution in [0.5, 0.6) is 0 Å². The second-order valence-electron chi connectivity index (χ2n) is 3.03. The Morgan fingerprint density at radius 2 is 2.00 bits per heavy atom. The van der Waals surface area contributed by atoms with Crippen molar-refractivity contribution in [1.82, 2.24) is 5.32 Å².